The van der Waals surface area contributed by atoms with Gasteiger partial charge in [-0.05, 0) is 43.9 Å². The van der Waals surface area contributed by atoms with Crippen LogP contribution in [0.15, 0.2) is 18.2 Å². The number of hydrogen-bond acceptors (Lipinski definition) is 6. The van der Waals surface area contributed by atoms with Gasteiger partial charge in [-0.3, -0.25) is 24.5 Å². The van der Waals surface area contributed by atoms with E-state index in [1.807, 2.05) is 0 Å². The Hall–Kier alpha value is -3.14. The number of ether oxygens (including phenoxy) is 1. The Bertz CT molecular complexity index is 1010. The number of amides is 4. The number of hydrogen-bond donors (Lipinski definition) is 4. The molecule has 3 rings (SSSR count). The van der Waals surface area contributed by atoms with Crippen LogP contribution in [0.3, 0.4) is 0 Å². The number of Topliss-reactive ketones (excluding diaryl/α,β-unsaturated/α-hetero) is 1. The number of nitrogens with one attached hydrogen (secondary N) is 4. The van der Waals surface area contributed by atoms with Crippen LogP contribution in [-0.2, 0) is 19.1 Å². The van der Waals surface area contributed by atoms with E-state index in [1.165, 1.54) is 18.2 Å². The average Bonchev–Trinajstić information content (AvgIpc) is 3.46. The molecule has 2 atom stereocenters. The molecule has 1 saturated carbocycles. The molecule has 1 aliphatic heterocycles. The SMILES string of the molecule is [2H]C([2H])([2H])OC(=O)Nc1ccc(Cl)cc1C(=O)N[C@@H](C[C@@H]1CCNC1=O)C(=O)C(=O)NC1CC1. The molecule has 0 radical (unpaired) electrons. The molecule has 0 spiro atoms. The molecular formula is C20H23ClN4O6. The van der Waals surface area contributed by atoms with Gasteiger partial charge in [0, 0.05) is 23.5 Å². The van der Waals surface area contributed by atoms with Crippen LogP contribution in [0.1, 0.15) is 40.2 Å². The van der Waals surface area contributed by atoms with Crippen LogP contribution in [0, 0.1) is 5.92 Å². The maximum Gasteiger partial charge on any atom is 0.411 e. The summed E-state index contributed by atoms with van der Waals surface area (Å²) in [5, 5.41) is 9.92. The first-order valence-corrected chi connectivity index (χ1v) is 10.0. The average molecular weight is 454 g/mol. The molecule has 0 bridgehead atoms. The zero-order valence-electron chi connectivity index (χ0n) is 19.3. The number of anilines is 1. The summed E-state index contributed by atoms with van der Waals surface area (Å²) in [6.07, 6.45) is 0.512. The maximum absolute atomic E-state index is 13.1. The van der Waals surface area contributed by atoms with Gasteiger partial charge in [-0.2, -0.15) is 0 Å². The molecule has 1 saturated heterocycles. The number of benzene rings is 1. The van der Waals surface area contributed by atoms with E-state index in [2.05, 4.69) is 26.0 Å². The van der Waals surface area contributed by atoms with Crippen LogP contribution in [-0.4, -0.2) is 55.3 Å². The van der Waals surface area contributed by atoms with Crippen LogP contribution >= 0.6 is 11.6 Å². The molecular weight excluding hydrogens is 428 g/mol. The van der Waals surface area contributed by atoms with E-state index in [4.69, 9.17) is 15.7 Å². The van der Waals surface area contributed by atoms with Gasteiger partial charge in [0.05, 0.1) is 28.4 Å². The Kier molecular flexibility index (Phi) is 5.87. The zero-order chi connectivity index (χ0) is 25.0. The fourth-order valence-corrected chi connectivity index (χ4v) is 3.39. The second kappa shape index (κ2) is 9.78. The topological polar surface area (TPSA) is 143 Å². The summed E-state index contributed by atoms with van der Waals surface area (Å²) >= 11 is 5.98. The zero-order valence-corrected chi connectivity index (χ0v) is 17.1. The normalized spacial score (nSPS) is 20.4. The van der Waals surface area contributed by atoms with Crippen molar-refractivity contribution in [3.8, 4) is 0 Å². The molecule has 2 aliphatic rings. The second-order valence-corrected chi connectivity index (χ2v) is 7.79. The van der Waals surface area contributed by atoms with Gasteiger partial charge in [0.2, 0.25) is 11.7 Å². The predicted octanol–water partition coefficient (Wildman–Crippen LogP) is 0.991. The van der Waals surface area contributed by atoms with Crippen molar-refractivity contribution in [2.75, 3.05) is 18.9 Å². The summed E-state index contributed by atoms with van der Waals surface area (Å²) in [5.74, 6) is -3.50. The lowest BCUT2D eigenvalue weighted by Gasteiger charge is -2.20. The lowest BCUT2D eigenvalue weighted by atomic mass is 9.95. The number of carbonyl (C=O) groups excluding carboxylic acids is 5. The molecule has 1 aromatic rings. The molecule has 31 heavy (non-hydrogen) atoms. The number of methoxy groups -OCH3 is 1. The molecule has 4 N–H and O–H groups in total. The van der Waals surface area contributed by atoms with E-state index in [1.54, 1.807) is 0 Å². The molecule has 0 unspecified atom stereocenters. The van der Waals surface area contributed by atoms with Gasteiger partial charge in [0.1, 0.15) is 0 Å². The minimum Gasteiger partial charge on any atom is -0.453 e. The van der Waals surface area contributed by atoms with Crippen LogP contribution < -0.4 is 21.3 Å². The molecule has 4 amide bonds. The van der Waals surface area contributed by atoms with E-state index < -0.39 is 42.7 Å². The van der Waals surface area contributed by atoms with Gasteiger partial charge < -0.3 is 20.7 Å². The van der Waals surface area contributed by atoms with Crippen LogP contribution in [0.25, 0.3) is 0 Å². The summed E-state index contributed by atoms with van der Waals surface area (Å²) in [6.45, 7) is 0.417. The highest BCUT2D eigenvalue weighted by atomic mass is 35.5. The molecule has 1 aliphatic carbocycles. The van der Waals surface area contributed by atoms with Crippen molar-refractivity contribution in [3.63, 3.8) is 0 Å². The summed E-state index contributed by atoms with van der Waals surface area (Å²) in [7, 11) is -3.01. The van der Waals surface area contributed by atoms with Crippen LogP contribution in [0.2, 0.25) is 5.02 Å². The molecule has 10 nitrogen and oxygen atoms in total. The Morgan fingerprint density at radius 3 is 2.71 bits per heavy atom. The molecule has 2 fully saturated rings. The highest BCUT2D eigenvalue weighted by molar-refractivity contribution is 6.38. The van der Waals surface area contributed by atoms with Crippen molar-refractivity contribution in [1.29, 1.82) is 0 Å². The molecule has 1 aromatic carbocycles. The summed E-state index contributed by atoms with van der Waals surface area (Å²) in [4.78, 5) is 62.1. The summed E-state index contributed by atoms with van der Waals surface area (Å²) < 4.78 is 25.2. The lowest BCUT2D eigenvalue weighted by Crippen LogP contribution is -2.49. The van der Waals surface area contributed by atoms with E-state index in [9.17, 15) is 24.0 Å². The van der Waals surface area contributed by atoms with Gasteiger partial charge in [0.25, 0.3) is 11.8 Å². The van der Waals surface area contributed by atoms with Crippen molar-refractivity contribution < 1.29 is 32.8 Å². The van der Waals surface area contributed by atoms with E-state index in [-0.39, 0.29) is 34.6 Å². The Balaban J connectivity index is 1.79. The molecule has 11 heteroatoms. The molecule has 0 aromatic heterocycles. The van der Waals surface area contributed by atoms with Gasteiger partial charge in [-0.1, -0.05) is 11.6 Å². The number of ketones is 1. The van der Waals surface area contributed by atoms with Crippen LogP contribution in [0.5, 0.6) is 0 Å². The first-order chi connectivity index (χ1) is 15.9. The third-order valence-corrected chi connectivity index (χ3v) is 5.23. The Morgan fingerprint density at radius 1 is 1.29 bits per heavy atom. The van der Waals surface area contributed by atoms with E-state index in [0.717, 1.165) is 12.8 Å². The van der Waals surface area contributed by atoms with Crippen molar-refractivity contribution in [2.24, 2.45) is 5.92 Å². The fourth-order valence-electron chi connectivity index (χ4n) is 3.21. The van der Waals surface area contributed by atoms with Crippen molar-refractivity contribution in [2.45, 2.75) is 37.8 Å². The van der Waals surface area contributed by atoms with E-state index >= 15 is 0 Å². The number of halogens is 1. The van der Waals surface area contributed by atoms with Crippen molar-refractivity contribution in [3.05, 3.63) is 28.8 Å². The minimum absolute atomic E-state index is 0.0875. The summed E-state index contributed by atoms with van der Waals surface area (Å²) in [5.41, 5.74) is -0.338. The van der Waals surface area contributed by atoms with Crippen LogP contribution in [0.4, 0.5) is 10.5 Å². The monoisotopic (exact) mass is 453 g/mol. The smallest absolute Gasteiger partial charge is 0.411 e. The fraction of sp³-hybridized carbons (Fsp3) is 0.450. The van der Waals surface area contributed by atoms with E-state index in [0.29, 0.717) is 13.0 Å². The van der Waals surface area contributed by atoms with Gasteiger partial charge in [0.15, 0.2) is 0 Å². The first kappa shape index (κ1) is 18.6. The Labute approximate surface area is 187 Å². The maximum atomic E-state index is 13.1. The summed E-state index contributed by atoms with van der Waals surface area (Å²) in [6, 6.07) is 2.38. The Morgan fingerprint density at radius 2 is 2.06 bits per heavy atom. The second-order valence-electron chi connectivity index (χ2n) is 7.35. The van der Waals surface area contributed by atoms with Gasteiger partial charge >= 0.3 is 6.09 Å². The third kappa shape index (κ3) is 5.94. The largest absolute Gasteiger partial charge is 0.453 e. The quantitative estimate of drug-likeness (QED) is 0.432. The molecule has 166 valence electrons. The van der Waals surface area contributed by atoms with Crippen molar-refractivity contribution >= 4 is 46.9 Å². The first-order valence-electron chi connectivity index (χ1n) is 11.2. The predicted molar refractivity (Wildman–Crippen MR) is 111 cm³/mol. The van der Waals surface area contributed by atoms with Gasteiger partial charge in [-0.25, -0.2) is 4.79 Å². The number of carbonyl (C=O) groups is 5. The third-order valence-electron chi connectivity index (χ3n) is 5.00. The minimum atomic E-state index is -3.01. The standard InChI is InChI=1S/C20H23ClN4O6/c1-31-20(30)25-14-5-2-11(21)9-13(14)18(28)24-15(8-10-6-7-22-17(10)27)16(26)19(29)23-12-3-4-12/h2,5,9-10,12,15H,3-4,6-8H2,1H3,(H,22,27)(H,23,29)(H,24,28)(H,25,30)/t10-,15-/m0/s1/i1D3. The van der Waals surface area contributed by atoms with Crippen molar-refractivity contribution in [1.82, 2.24) is 16.0 Å². The lowest BCUT2D eigenvalue weighted by molar-refractivity contribution is -0.139. The number of rotatable bonds is 8. The highest BCUT2D eigenvalue weighted by Crippen LogP contribution is 2.23. The molecule has 1 heterocycles. The van der Waals surface area contributed by atoms with Gasteiger partial charge in [-0.15, -0.1) is 0 Å². The highest BCUT2D eigenvalue weighted by Gasteiger charge is 2.36.